The summed E-state index contributed by atoms with van der Waals surface area (Å²) in [6.07, 6.45) is 5.34. The van der Waals surface area contributed by atoms with Gasteiger partial charge in [0.25, 0.3) is 0 Å². The molecule has 2 rings (SSSR count). The van der Waals surface area contributed by atoms with E-state index in [2.05, 4.69) is 27.5 Å². The largest absolute Gasteiger partial charge is 0.366 e. The van der Waals surface area contributed by atoms with Gasteiger partial charge in [0.1, 0.15) is 5.82 Å². The number of rotatable bonds is 8. The van der Waals surface area contributed by atoms with E-state index < -0.39 is 0 Å². The van der Waals surface area contributed by atoms with Crippen molar-refractivity contribution in [2.24, 2.45) is 0 Å². The Hall–Kier alpha value is -1.81. The van der Waals surface area contributed by atoms with Gasteiger partial charge < -0.3 is 10.6 Å². The monoisotopic (exact) mass is 304 g/mol. The Kier molecular flexibility index (Phi) is 6.28. The number of benzene rings is 1. The minimum atomic E-state index is 0.673. The molecule has 0 saturated carbocycles. The van der Waals surface area contributed by atoms with Crippen LogP contribution >= 0.6 is 11.6 Å². The third-order valence-electron chi connectivity index (χ3n) is 3.11. The zero-order valence-corrected chi connectivity index (χ0v) is 13.0. The van der Waals surface area contributed by atoms with E-state index in [1.165, 1.54) is 12.8 Å². The summed E-state index contributed by atoms with van der Waals surface area (Å²) in [5.74, 6) is 1.49. The fourth-order valence-corrected chi connectivity index (χ4v) is 2.04. The maximum Gasteiger partial charge on any atom is 0.224 e. The number of anilines is 2. The Morgan fingerprint density at radius 3 is 2.62 bits per heavy atom. The first-order chi connectivity index (χ1) is 10.3. The molecule has 1 heterocycles. The van der Waals surface area contributed by atoms with E-state index >= 15 is 0 Å². The lowest BCUT2D eigenvalue weighted by Gasteiger charge is -2.08. The van der Waals surface area contributed by atoms with Crippen LogP contribution in [0.25, 0.3) is 0 Å². The van der Waals surface area contributed by atoms with Gasteiger partial charge in [-0.05, 0) is 30.2 Å². The van der Waals surface area contributed by atoms with Crippen LogP contribution in [0.2, 0.25) is 5.02 Å². The molecule has 0 aliphatic rings. The molecular weight excluding hydrogens is 284 g/mol. The number of nitrogens with zero attached hydrogens (tertiary/aromatic N) is 2. The molecule has 5 heteroatoms. The van der Waals surface area contributed by atoms with Crippen molar-refractivity contribution in [2.75, 3.05) is 17.2 Å². The summed E-state index contributed by atoms with van der Waals surface area (Å²) < 4.78 is 0. The molecule has 0 bridgehead atoms. The first kappa shape index (κ1) is 15.6. The van der Waals surface area contributed by atoms with Crippen molar-refractivity contribution in [3.05, 3.63) is 47.1 Å². The Balaban J connectivity index is 1.84. The molecule has 0 fully saturated rings. The fraction of sp³-hybridized carbons (Fsp3) is 0.375. The van der Waals surface area contributed by atoms with Crippen molar-refractivity contribution in [2.45, 2.75) is 32.7 Å². The van der Waals surface area contributed by atoms with Crippen LogP contribution in [0, 0.1) is 0 Å². The standard InChI is InChI=1S/C16H21ClN4/c1-2-3-4-10-18-16-19-11-9-15(21-16)20-12-13-5-7-14(17)8-6-13/h5-9,11H,2-4,10,12H2,1H3,(H2,18,19,20,21). The van der Waals surface area contributed by atoms with Crippen LogP contribution in [-0.4, -0.2) is 16.5 Å². The molecule has 2 aromatic rings. The third-order valence-corrected chi connectivity index (χ3v) is 3.36. The summed E-state index contributed by atoms with van der Waals surface area (Å²) in [5, 5.41) is 7.28. The average Bonchev–Trinajstić information content (AvgIpc) is 2.52. The van der Waals surface area contributed by atoms with Crippen LogP contribution in [0.15, 0.2) is 36.5 Å². The minimum absolute atomic E-state index is 0.673. The van der Waals surface area contributed by atoms with Crippen LogP contribution in [0.5, 0.6) is 0 Å². The molecule has 0 aliphatic carbocycles. The molecule has 112 valence electrons. The van der Waals surface area contributed by atoms with Gasteiger partial charge in [-0.1, -0.05) is 43.5 Å². The lowest BCUT2D eigenvalue weighted by atomic mass is 10.2. The van der Waals surface area contributed by atoms with Crippen LogP contribution < -0.4 is 10.6 Å². The van der Waals surface area contributed by atoms with Crippen molar-refractivity contribution in [3.63, 3.8) is 0 Å². The van der Waals surface area contributed by atoms with E-state index in [9.17, 15) is 0 Å². The lowest BCUT2D eigenvalue weighted by Crippen LogP contribution is -2.07. The molecule has 1 aromatic heterocycles. The van der Waals surface area contributed by atoms with Crippen LogP contribution in [0.4, 0.5) is 11.8 Å². The molecule has 0 atom stereocenters. The van der Waals surface area contributed by atoms with E-state index in [-0.39, 0.29) is 0 Å². The molecule has 1 aromatic carbocycles. The molecule has 0 unspecified atom stereocenters. The number of unbranched alkanes of at least 4 members (excludes halogenated alkanes) is 2. The number of hydrogen-bond donors (Lipinski definition) is 2. The highest BCUT2D eigenvalue weighted by atomic mass is 35.5. The van der Waals surface area contributed by atoms with Gasteiger partial charge in [-0.25, -0.2) is 4.98 Å². The number of nitrogens with one attached hydrogen (secondary N) is 2. The van der Waals surface area contributed by atoms with Crippen molar-refractivity contribution in [3.8, 4) is 0 Å². The van der Waals surface area contributed by atoms with Gasteiger partial charge >= 0.3 is 0 Å². The lowest BCUT2D eigenvalue weighted by molar-refractivity contribution is 0.740. The van der Waals surface area contributed by atoms with E-state index in [0.717, 1.165) is 29.4 Å². The average molecular weight is 305 g/mol. The minimum Gasteiger partial charge on any atom is -0.366 e. The Labute approximate surface area is 131 Å². The van der Waals surface area contributed by atoms with E-state index in [4.69, 9.17) is 11.6 Å². The molecule has 0 radical (unpaired) electrons. The van der Waals surface area contributed by atoms with Crippen LogP contribution in [0.3, 0.4) is 0 Å². The molecular formula is C16H21ClN4. The molecule has 0 aliphatic heterocycles. The Morgan fingerprint density at radius 1 is 1.05 bits per heavy atom. The second kappa shape index (κ2) is 8.47. The van der Waals surface area contributed by atoms with Gasteiger partial charge in [0, 0.05) is 24.3 Å². The predicted octanol–water partition coefficient (Wildman–Crippen LogP) is 4.34. The smallest absolute Gasteiger partial charge is 0.224 e. The quantitative estimate of drug-likeness (QED) is 0.712. The van der Waals surface area contributed by atoms with Crippen molar-refractivity contribution in [1.29, 1.82) is 0 Å². The van der Waals surface area contributed by atoms with Gasteiger partial charge in [-0.3, -0.25) is 0 Å². The molecule has 0 saturated heterocycles. The maximum atomic E-state index is 5.87. The van der Waals surface area contributed by atoms with Crippen molar-refractivity contribution in [1.82, 2.24) is 9.97 Å². The second-order valence-corrected chi connectivity index (χ2v) is 5.32. The van der Waals surface area contributed by atoms with Gasteiger partial charge in [0.05, 0.1) is 0 Å². The summed E-state index contributed by atoms with van der Waals surface area (Å²) in [5.41, 5.74) is 1.16. The highest BCUT2D eigenvalue weighted by molar-refractivity contribution is 6.30. The third kappa shape index (κ3) is 5.60. The summed E-state index contributed by atoms with van der Waals surface area (Å²) in [4.78, 5) is 8.67. The van der Waals surface area contributed by atoms with Gasteiger partial charge in [0.2, 0.25) is 5.95 Å². The topological polar surface area (TPSA) is 49.8 Å². The van der Waals surface area contributed by atoms with E-state index in [1.807, 2.05) is 30.3 Å². The summed E-state index contributed by atoms with van der Waals surface area (Å²) in [6, 6.07) is 9.65. The van der Waals surface area contributed by atoms with E-state index in [1.54, 1.807) is 6.20 Å². The SMILES string of the molecule is CCCCCNc1nccc(NCc2ccc(Cl)cc2)n1. The molecule has 4 nitrogen and oxygen atoms in total. The first-order valence-corrected chi connectivity index (χ1v) is 7.71. The van der Waals surface area contributed by atoms with Crippen LogP contribution in [-0.2, 0) is 6.54 Å². The predicted molar refractivity (Wildman–Crippen MR) is 88.8 cm³/mol. The van der Waals surface area contributed by atoms with Crippen molar-refractivity contribution >= 4 is 23.4 Å². The fourth-order valence-electron chi connectivity index (χ4n) is 1.91. The van der Waals surface area contributed by atoms with Gasteiger partial charge in [0.15, 0.2) is 0 Å². The normalized spacial score (nSPS) is 10.4. The summed E-state index contributed by atoms with van der Waals surface area (Å²) in [7, 11) is 0. The highest BCUT2D eigenvalue weighted by Gasteiger charge is 1.99. The number of hydrogen-bond acceptors (Lipinski definition) is 4. The number of halogens is 1. The Morgan fingerprint density at radius 2 is 1.86 bits per heavy atom. The summed E-state index contributed by atoms with van der Waals surface area (Å²) in [6.45, 7) is 3.82. The zero-order chi connectivity index (χ0) is 14.9. The maximum absolute atomic E-state index is 5.87. The number of aromatic nitrogens is 2. The second-order valence-electron chi connectivity index (χ2n) is 4.88. The molecule has 21 heavy (non-hydrogen) atoms. The van der Waals surface area contributed by atoms with E-state index in [0.29, 0.717) is 12.5 Å². The summed E-state index contributed by atoms with van der Waals surface area (Å²) >= 11 is 5.87. The molecule has 2 N–H and O–H groups in total. The molecule has 0 amide bonds. The highest BCUT2D eigenvalue weighted by Crippen LogP contribution is 2.12. The van der Waals surface area contributed by atoms with Crippen molar-refractivity contribution < 1.29 is 0 Å². The molecule has 0 spiro atoms. The van der Waals surface area contributed by atoms with Gasteiger partial charge in [-0.2, -0.15) is 4.98 Å². The van der Waals surface area contributed by atoms with Gasteiger partial charge in [-0.15, -0.1) is 0 Å². The Bertz CT molecular complexity index is 542. The first-order valence-electron chi connectivity index (χ1n) is 7.33. The zero-order valence-electron chi connectivity index (χ0n) is 12.3. The van der Waals surface area contributed by atoms with Crippen LogP contribution in [0.1, 0.15) is 31.7 Å².